The zero-order valence-corrected chi connectivity index (χ0v) is 8.88. The van der Waals surface area contributed by atoms with Crippen LogP contribution in [0.2, 0.25) is 0 Å². The molecule has 1 fully saturated rings. The fourth-order valence-electron chi connectivity index (χ4n) is 1.56. The summed E-state index contributed by atoms with van der Waals surface area (Å²) in [6.07, 6.45) is 0.442. The second-order valence-electron chi connectivity index (χ2n) is 3.64. The average molecular weight is 244 g/mol. The molecule has 0 aromatic heterocycles. The molecule has 94 valence electrons. The largest absolute Gasteiger partial charge is 0.480 e. The summed E-state index contributed by atoms with van der Waals surface area (Å²) >= 11 is 0. The van der Waals surface area contributed by atoms with Gasteiger partial charge in [-0.05, 0) is 6.42 Å². The molecule has 0 unspecified atom stereocenters. The first-order valence-electron chi connectivity index (χ1n) is 4.92. The molecule has 1 atom stereocenters. The van der Waals surface area contributed by atoms with Gasteiger partial charge >= 0.3 is 11.9 Å². The van der Waals surface area contributed by atoms with Gasteiger partial charge in [0, 0.05) is 6.42 Å². The molecule has 0 bridgehead atoms. The molecular formula is C9H12N2O6. The van der Waals surface area contributed by atoms with E-state index >= 15 is 0 Å². The van der Waals surface area contributed by atoms with Crippen molar-refractivity contribution in [1.82, 2.24) is 10.2 Å². The van der Waals surface area contributed by atoms with E-state index in [2.05, 4.69) is 5.32 Å². The van der Waals surface area contributed by atoms with Crippen molar-refractivity contribution in [3.63, 3.8) is 0 Å². The molecule has 2 amide bonds. The van der Waals surface area contributed by atoms with E-state index in [1.54, 1.807) is 0 Å². The second-order valence-corrected chi connectivity index (χ2v) is 3.64. The highest BCUT2D eigenvalue weighted by atomic mass is 16.4. The number of carbonyl (C=O) groups excluding carboxylic acids is 2. The zero-order valence-electron chi connectivity index (χ0n) is 8.88. The van der Waals surface area contributed by atoms with Gasteiger partial charge in [0.1, 0.15) is 19.1 Å². The number of carboxylic acid groups (broad SMARTS) is 2. The second kappa shape index (κ2) is 5.28. The maximum absolute atomic E-state index is 11.7. The number of amides is 2. The molecular weight excluding hydrogens is 232 g/mol. The summed E-state index contributed by atoms with van der Waals surface area (Å²) in [6.45, 7) is -1.39. The van der Waals surface area contributed by atoms with E-state index in [-0.39, 0.29) is 18.7 Å². The van der Waals surface area contributed by atoms with E-state index < -0.39 is 37.0 Å². The van der Waals surface area contributed by atoms with Crippen LogP contribution in [0, 0.1) is 0 Å². The average Bonchev–Trinajstić information content (AvgIpc) is 2.61. The Balaban J connectivity index is 2.67. The van der Waals surface area contributed by atoms with E-state index in [9.17, 15) is 19.2 Å². The summed E-state index contributed by atoms with van der Waals surface area (Å²) < 4.78 is 0. The van der Waals surface area contributed by atoms with Gasteiger partial charge < -0.3 is 20.4 Å². The lowest BCUT2D eigenvalue weighted by atomic mass is 10.2. The minimum absolute atomic E-state index is 0.185. The van der Waals surface area contributed by atoms with Gasteiger partial charge in [-0.15, -0.1) is 0 Å². The highest BCUT2D eigenvalue weighted by Gasteiger charge is 2.32. The molecule has 0 spiro atoms. The molecule has 8 nitrogen and oxygen atoms in total. The Kier molecular flexibility index (Phi) is 4.02. The molecule has 1 heterocycles. The van der Waals surface area contributed by atoms with Crippen LogP contribution in [-0.4, -0.2) is 58.0 Å². The number of nitrogens with zero attached hydrogens (tertiary/aromatic N) is 1. The summed E-state index contributed by atoms with van der Waals surface area (Å²) in [5.74, 6) is -3.58. The van der Waals surface area contributed by atoms with E-state index in [1.165, 1.54) is 0 Å². The molecule has 0 saturated carbocycles. The van der Waals surface area contributed by atoms with Crippen molar-refractivity contribution in [3.05, 3.63) is 0 Å². The third-order valence-corrected chi connectivity index (χ3v) is 2.26. The van der Waals surface area contributed by atoms with Crippen LogP contribution in [0.5, 0.6) is 0 Å². The summed E-state index contributed by atoms with van der Waals surface area (Å²) in [5, 5.41) is 19.5. The topological polar surface area (TPSA) is 124 Å². The van der Waals surface area contributed by atoms with Crippen molar-refractivity contribution in [2.24, 2.45) is 0 Å². The fourth-order valence-corrected chi connectivity index (χ4v) is 1.56. The molecule has 17 heavy (non-hydrogen) atoms. The number of carbonyl (C=O) groups is 4. The van der Waals surface area contributed by atoms with Crippen LogP contribution in [0.3, 0.4) is 0 Å². The normalized spacial score (nSPS) is 18.6. The van der Waals surface area contributed by atoms with Crippen molar-refractivity contribution in [2.75, 3.05) is 13.1 Å². The quantitative estimate of drug-likeness (QED) is 0.527. The number of aliphatic carboxylic acids is 2. The summed E-state index contributed by atoms with van der Waals surface area (Å²) in [6, 6.07) is -0.818. The van der Waals surface area contributed by atoms with Gasteiger partial charge in [-0.3, -0.25) is 19.2 Å². The van der Waals surface area contributed by atoms with Gasteiger partial charge in [-0.25, -0.2) is 0 Å². The predicted molar refractivity (Wildman–Crippen MR) is 53.0 cm³/mol. The van der Waals surface area contributed by atoms with Gasteiger partial charge in [-0.1, -0.05) is 0 Å². The van der Waals surface area contributed by atoms with E-state index in [0.29, 0.717) is 4.90 Å². The van der Waals surface area contributed by atoms with Crippen molar-refractivity contribution in [3.8, 4) is 0 Å². The van der Waals surface area contributed by atoms with E-state index in [4.69, 9.17) is 10.2 Å². The smallest absolute Gasteiger partial charge is 0.323 e. The van der Waals surface area contributed by atoms with E-state index in [1.807, 2.05) is 0 Å². The van der Waals surface area contributed by atoms with E-state index in [0.717, 1.165) is 0 Å². The SMILES string of the molecule is O=C(O)CN(CC(=O)O)C(=O)[C@@H]1CCC(=O)N1. The maximum Gasteiger partial charge on any atom is 0.323 e. The molecule has 1 aliphatic rings. The summed E-state index contributed by atoms with van der Waals surface area (Å²) in [7, 11) is 0. The Morgan fingerprint density at radius 3 is 2.12 bits per heavy atom. The first-order chi connectivity index (χ1) is 7.90. The Hall–Kier alpha value is -2.12. The molecule has 3 N–H and O–H groups in total. The predicted octanol–water partition coefficient (Wildman–Crippen LogP) is -1.74. The first kappa shape index (κ1) is 12.9. The van der Waals surface area contributed by atoms with Crippen LogP contribution < -0.4 is 5.32 Å². The Labute approximate surface area is 96.2 Å². The lowest BCUT2D eigenvalue weighted by Crippen LogP contribution is -2.48. The summed E-state index contributed by atoms with van der Waals surface area (Å²) in [5.41, 5.74) is 0. The van der Waals surface area contributed by atoms with Gasteiger partial charge in [-0.2, -0.15) is 0 Å². The van der Waals surface area contributed by atoms with Gasteiger partial charge in [0.25, 0.3) is 0 Å². The van der Waals surface area contributed by atoms with Gasteiger partial charge in [0.15, 0.2) is 0 Å². The highest BCUT2D eigenvalue weighted by molar-refractivity contribution is 5.93. The zero-order chi connectivity index (χ0) is 13.0. The Morgan fingerprint density at radius 1 is 1.24 bits per heavy atom. The van der Waals surface area contributed by atoms with Crippen LogP contribution in [0.25, 0.3) is 0 Å². The molecule has 1 aliphatic heterocycles. The van der Waals surface area contributed by atoms with Crippen LogP contribution in [0.15, 0.2) is 0 Å². The molecule has 1 rings (SSSR count). The number of hydrogen-bond acceptors (Lipinski definition) is 4. The molecule has 0 aromatic carbocycles. The highest BCUT2D eigenvalue weighted by Crippen LogP contribution is 2.09. The standard InChI is InChI=1S/C9H12N2O6/c12-6-2-1-5(10-6)9(17)11(3-7(13)14)4-8(15)16/h5H,1-4H2,(H,10,12)(H,13,14)(H,15,16)/t5-/m0/s1. The minimum atomic E-state index is -1.30. The molecule has 8 heteroatoms. The lowest BCUT2D eigenvalue weighted by Gasteiger charge is -2.21. The molecule has 0 aliphatic carbocycles. The third kappa shape index (κ3) is 3.74. The minimum Gasteiger partial charge on any atom is -0.480 e. The lowest BCUT2D eigenvalue weighted by molar-refractivity contribution is -0.150. The molecule has 0 aromatic rings. The number of nitrogens with one attached hydrogen (secondary N) is 1. The summed E-state index contributed by atoms with van der Waals surface area (Å²) in [4.78, 5) is 44.4. The third-order valence-electron chi connectivity index (χ3n) is 2.26. The number of carboxylic acids is 2. The van der Waals surface area contributed by atoms with Crippen molar-refractivity contribution < 1.29 is 29.4 Å². The monoisotopic (exact) mass is 244 g/mol. The van der Waals surface area contributed by atoms with Gasteiger partial charge in [0.05, 0.1) is 0 Å². The fraction of sp³-hybridized carbons (Fsp3) is 0.556. The van der Waals surface area contributed by atoms with Crippen molar-refractivity contribution in [1.29, 1.82) is 0 Å². The van der Waals surface area contributed by atoms with Crippen LogP contribution >= 0.6 is 0 Å². The Bertz CT molecular complexity index is 350. The van der Waals surface area contributed by atoms with Crippen LogP contribution in [-0.2, 0) is 19.2 Å². The van der Waals surface area contributed by atoms with Crippen molar-refractivity contribution >= 4 is 23.8 Å². The van der Waals surface area contributed by atoms with Crippen molar-refractivity contribution in [2.45, 2.75) is 18.9 Å². The van der Waals surface area contributed by atoms with Gasteiger partial charge in [0.2, 0.25) is 11.8 Å². The maximum atomic E-state index is 11.7. The molecule has 0 radical (unpaired) electrons. The Morgan fingerprint density at radius 2 is 1.76 bits per heavy atom. The number of hydrogen-bond donors (Lipinski definition) is 3. The van der Waals surface area contributed by atoms with Crippen LogP contribution in [0.4, 0.5) is 0 Å². The number of rotatable bonds is 5. The molecule has 1 saturated heterocycles. The van der Waals surface area contributed by atoms with Crippen LogP contribution in [0.1, 0.15) is 12.8 Å². The first-order valence-corrected chi connectivity index (χ1v) is 4.92.